The maximum Gasteiger partial charge on any atom is 0.313 e. The molecule has 0 amide bonds. The predicted molar refractivity (Wildman–Crippen MR) is 156 cm³/mol. The SMILES string of the molecule is COC(=O)C(C)(C)C(C)O.COC(=O)C(C)(C)C(C)OS(=O)(=O)c1ccc(C)cc1.Cc1ccc(S(=O)(=O)Cl)cc1. The molecule has 0 radical (unpaired) electrons. The third-order valence-electron chi connectivity index (χ3n) is 6.37. The number of hydrogen-bond donors (Lipinski definition) is 1. The summed E-state index contributed by atoms with van der Waals surface area (Å²) >= 11 is 0. The standard InChI is InChI=1S/C14H20O5S.C7H7ClO2S.C7H14O3/c1-10-6-8-12(9-7-10)20(16,17)19-11(2)14(3,4)13(15)18-5;1-6-2-4-7(5-3-6)11(8,9)10;1-5(8)7(2,3)6(9)10-4/h6-9,11H,1-5H3;2-5H,1H3;5,8H,1-4H3. The van der Waals surface area contributed by atoms with Gasteiger partial charge in [-0.3, -0.25) is 13.8 Å². The second-order valence-electron chi connectivity index (χ2n) is 10.4. The molecule has 0 bridgehead atoms. The van der Waals surface area contributed by atoms with E-state index in [0.717, 1.165) is 11.1 Å². The monoisotopic (exact) mass is 636 g/mol. The zero-order valence-corrected chi connectivity index (χ0v) is 27.5. The summed E-state index contributed by atoms with van der Waals surface area (Å²) in [6.07, 6.45) is -1.53. The summed E-state index contributed by atoms with van der Waals surface area (Å²) in [6.45, 7) is 13.3. The number of carbonyl (C=O) groups excluding carboxylic acids is 2. The van der Waals surface area contributed by atoms with Gasteiger partial charge >= 0.3 is 11.9 Å². The minimum Gasteiger partial charge on any atom is -0.469 e. The zero-order chi connectivity index (χ0) is 32.4. The van der Waals surface area contributed by atoms with Gasteiger partial charge in [0.15, 0.2) is 0 Å². The van der Waals surface area contributed by atoms with Gasteiger partial charge in [0.05, 0.1) is 47.0 Å². The number of ether oxygens (including phenoxy) is 2. The molecule has 41 heavy (non-hydrogen) atoms. The highest BCUT2D eigenvalue weighted by Gasteiger charge is 2.39. The van der Waals surface area contributed by atoms with E-state index in [1.807, 2.05) is 13.8 Å². The van der Waals surface area contributed by atoms with Crippen LogP contribution in [-0.4, -0.2) is 60.3 Å². The number of esters is 2. The van der Waals surface area contributed by atoms with E-state index in [0.29, 0.717) is 0 Å². The molecule has 0 aliphatic rings. The van der Waals surface area contributed by atoms with Crippen LogP contribution in [0.15, 0.2) is 58.3 Å². The molecule has 1 N–H and O–H groups in total. The number of aryl methyl sites for hydroxylation is 2. The molecule has 0 fully saturated rings. The molecule has 13 heteroatoms. The van der Waals surface area contributed by atoms with Gasteiger partial charge in [0.25, 0.3) is 19.2 Å². The van der Waals surface area contributed by atoms with Gasteiger partial charge in [-0.25, -0.2) is 8.42 Å². The van der Waals surface area contributed by atoms with Crippen LogP contribution in [0.5, 0.6) is 0 Å². The summed E-state index contributed by atoms with van der Waals surface area (Å²) in [5, 5.41) is 9.08. The lowest BCUT2D eigenvalue weighted by Gasteiger charge is -2.28. The summed E-state index contributed by atoms with van der Waals surface area (Å²) in [7, 11) is 0.194. The summed E-state index contributed by atoms with van der Waals surface area (Å²) in [4.78, 5) is 22.7. The van der Waals surface area contributed by atoms with Gasteiger partial charge in [0, 0.05) is 10.7 Å². The number of rotatable bonds is 8. The van der Waals surface area contributed by atoms with E-state index in [9.17, 15) is 26.4 Å². The van der Waals surface area contributed by atoms with Crippen molar-refractivity contribution in [3.63, 3.8) is 0 Å². The molecule has 0 aromatic heterocycles. The first kappa shape index (κ1) is 38.5. The lowest BCUT2D eigenvalue weighted by Crippen LogP contribution is -2.39. The summed E-state index contributed by atoms with van der Waals surface area (Å²) in [5.41, 5.74) is 0.0994. The Hall–Kier alpha value is -2.51. The molecule has 2 rings (SSSR count). The largest absolute Gasteiger partial charge is 0.469 e. The number of aliphatic hydroxyl groups is 1. The Morgan fingerprint density at radius 3 is 1.37 bits per heavy atom. The molecule has 2 aromatic rings. The van der Waals surface area contributed by atoms with Gasteiger partial charge in [0.1, 0.15) is 0 Å². The van der Waals surface area contributed by atoms with Gasteiger partial charge < -0.3 is 14.6 Å². The van der Waals surface area contributed by atoms with Crippen LogP contribution in [0, 0.1) is 24.7 Å². The Balaban J connectivity index is 0.000000644. The number of hydrogen-bond acceptors (Lipinski definition) is 10. The molecule has 0 saturated heterocycles. The van der Waals surface area contributed by atoms with Crippen molar-refractivity contribution >= 4 is 41.8 Å². The van der Waals surface area contributed by atoms with Crippen molar-refractivity contribution in [1.29, 1.82) is 0 Å². The van der Waals surface area contributed by atoms with Crippen molar-refractivity contribution in [1.82, 2.24) is 0 Å². The van der Waals surface area contributed by atoms with Gasteiger partial charge in [-0.2, -0.15) is 8.42 Å². The van der Waals surface area contributed by atoms with Crippen LogP contribution in [0.2, 0.25) is 0 Å². The van der Waals surface area contributed by atoms with Crippen LogP contribution in [0.25, 0.3) is 0 Å². The lowest BCUT2D eigenvalue weighted by atomic mass is 9.88. The second kappa shape index (κ2) is 15.6. The summed E-state index contributed by atoms with van der Waals surface area (Å²) in [5.74, 6) is -0.911. The van der Waals surface area contributed by atoms with Crippen LogP contribution in [0.1, 0.15) is 52.7 Å². The van der Waals surface area contributed by atoms with E-state index in [-0.39, 0.29) is 15.8 Å². The average molecular weight is 637 g/mol. The minimum atomic E-state index is -3.91. The quantitative estimate of drug-likeness (QED) is 0.244. The predicted octanol–water partition coefficient (Wildman–Crippen LogP) is 4.78. The van der Waals surface area contributed by atoms with Crippen LogP contribution in [0.4, 0.5) is 0 Å². The number of benzene rings is 2. The van der Waals surface area contributed by atoms with Crippen LogP contribution < -0.4 is 0 Å². The summed E-state index contributed by atoms with van der Waals surface area (Å²) in [6, 6.07) is 12.7. The van der Waals surface area contributed by atoms with Crippen LogP contribution in [-0.2, 0) is 42.4 Å². The van der Waals surface area contributed by atoms with E-state index in [1.165, 1.54) is 45.4 Å². The molecule has 10 nitrogen and oxygen atoms in total. The molecule has 0 spiro atoms. The van der Waals surface area contributed by atoms with Crippen molar-refractivity contribution in [3.8, 4) is 0 Å². The Bertz CT molecular complexity index is 1350. The highest BCUT2D eigenvalue weighted by molar-refractivity contribution is 8.13. The second-order valence-corrected chi connectivity index (χ2v) is 14.5. The topological polar surface area (TPSA) is 150 Å². The van der Waals surface area contributed by atoms with Gasteiger partial charge in [-0.1, -0.05) is 35.4 Å². The highest BCUT2D eigenvalue weighted by Crippen LogP contribution is 2.28. The smallest absolute Gasteiger partial charge is 0.313 e. The van der Waals surface area contributed by atoms with Crippen LogP contribution in [0.3, 0.4) is 0 Å². The normalized spacial score (nSPS) is 13.4. The third kappa shape index (κ3) is 12.1. The maximum atomic E-state index is 12.1. The van der Waals surface area contributed by atoms with Crippen molar-refractivity contribution in [2.75, 3.05) is 14.2 Å². The molecule has 2 atom stereocenters. The van der Waals surface area contributed by atoms with Crippen molar-refractivity contribution in [3.05, 3.63) is 59.7 Å². The fourth-order valence-electron chi connectivity index (χ4n) is 2.63. The average Bonchev–Trinajstić information content (AvgIpc) is 2.87. The Labute approximate surface area is 248 Å². The Morgan fingerprint density at radius 2 is 1.07 bits per heavy atom. The van der Waals surface area contributed by atoms with E-state index in [1.54, 1.807) is 58.9 Å². The molecule has 0 saturated carbocycles. The van der Waals surface area contributed by atoms with Gasteiger partial charge in [0.2, 0.25) is 0 Å². The summed E-state index contributed by atoms with van der Waals surface area (Å²) < 4.78 is 60.0. The molecule has 0 aliphatic heterocycles. The highest BCUT2D eigenvalue weighted by atomic mass is 35.7. The number of carbonyl (C=O) groups is 2. The number of methoxy groups -OCH3 is 2. The molecular formula is C28H41ClO10S2. The molecular weight excluding hydrogens is 596 g/mol. The molecule has 0 aliphatic carbocycles. The number of halogens is 1. The first-order chi connectivity index (χ1) is 18.5. The molecule has 0 heterocycles. The third-order valence-corrected chi connectivity index (χ3v) is 9.13. The maximum absolute atomic E-state index is 12.1. The molecule has 232 valence electrons. The van der Waals surface area contributed by atoms with Gasteiger partial charge in [-0.05, 0) is 79.7 Å². The van der Waals surface area contributed by atoms with Crippen molar-refractivity contribution in [2.45, 2.75) is 77.4 Å². The van der Waals surface area contributed by atoms with E-state index in [2.05, 4.69) is 9.47 Å². The van der Waals surface area contributed by atoms with Crippen molar-refractivity contribution in [2.24, 2.45) is 10.8 Å². The Kier molecular flexibility index (Phi) is 14.7. The zero-order valence-electron chi connectivity index (χ0n) is 25.1. The molecule has 2 aromatic carbocycles. The first-order valence-electron chi connectivity index (χ1n) is 12.4. The minimum absolute atomic E-state index is 0.0654. The number of aliphatic hydroxyl groups excluding tert-OH is 1. The fraction of sp³-hybridized carbons (Fsp3) is 0.500. The lowest BCUT2D eigenvalue weighted by molar-refractivity contribution is -0.157. The van der Waals surface area contributed by atoms with Crippen molar-refractivity contribution < 1.29 is 45.2 Å². The Morgan fingerprint density at radius 1 is 0.732 bits per heavy atom. The first-order valence-corrected chi connectivity index (χ1v) is 16.1. The van der Waals surface area contributed by atoms with E-state index >= 15 is 0 Å². The fourth-order valence-corrected chi connectivity index (χ4v) is 4.61. The van der Waals surface area contributed by atoms with E-state index in [4.69, 9.17) is 20.0 Å². The van der Waals surface area contributed by atoms with Gasteiger partial charge in [-0.15, -0.1) is 0 Å². The van der Waals surface area contributed by atoms with E-state index < -0.39 is 48.2 Å². The molecule has 2 unspecified atom stereocenters. The van der Waals surface area contributed by atoms with Crippen LogP contribution >= 0.6 is 10.7 Å².